The Hall–Kier alpha value is -1.95. The van der Waals surface area contributed by atoms with Gasteiger partial charge in [0.05, 0.1) is 6.61 Å². The van der Waals surface area contributed by atoms with Gasteiger partial charge in [0.2, 0.25) is 0 Å². The summed E-state index contributed by atoms with van der Waals surface area (Å²) in [6.45, 7) is 2.54. The zero-order valence-electron chi connectivity index (χ0n) is 7.90. The van der Waals surface area contributed by atoms with Gasteiger partial charge in [-0.05, 0) is 30.7 Å². The molecule has 0 aliphatic rings. The Balaban J connectivity index is 2.79. The molecule has 3 heteroatoms. The Morgan fingerprint density at radius 2 is 2.14 bits per heavy atom. The normalized spacial score (nSPS) is 10.7. The van der Waals surface area contributed by atoms with Gasteiger partial charge in [-0.1, -0.05) is 12.1 Å². The summed E-state index contributed by atoms with van der Waals surface area (Å²) in [5.41, 5.74) is 0.771. The van der Waals surface area contributed by atoms with Crippen LogP contribution in [0.15, 0.2) is 30.0 Å². The van der Waals surface area contributed by atoms with E-state index in [9.17, 15) is 0 Å². The molecule has 0 saturated heterocycles. The van der Waals surface area contributed by atoms with Crippen molar-refractivity contribution in [1.29, 1.82) is 5.26 Å². The lowest BCUT2D eigenvalue weighted by molar-refractivity contribution is 0.340. The van der Waals surface area contributed by atoms with Gasteiger partial charge in [0.1, 0.15) is 11.8 Å². The number of nitrogens with zero attached hydrogens (tertiary/aromatic N) is 1. The number of nitriles is 1. The minimum absolute atomic E-state index is 0.297. The highest BCUT2D eigenvalue weighted by Gasteiger charge is 1.93. The Morgan fingerprint density at radius 3 is 2.64 bits per heavy atom. The fourth-order valence-electron chi connectivity index (χ4n) is 1.02. The first kappa shape index (κ1) is 10.1. The van der Waals surface area contributed by atoms with Gasteiger partial charge < -0.3 is 9.84 Å². The molecule has 0 aromatic heterocycles. The minimum Gasteiger partial charge on any atom is -0.499 e. The number of hydrogen-bond donors (Lipinski definition) is 1. The molecule has 0 atom stereocenters. The van der Waals surface area contributed by atoms with Gasteiger partial charge in [0.15, 0.2) is 5.76 Å². The summed E-state index contributed by atoms with van der Waals surface area (Å²) in [5, 5.41) is 17.3. The van der Waals surface area contributed by atoms with Gasteiger partial charge in [-0.2, -0.15) is 5.26 Å². The zero-order valence-corrected chi connectivity index (χ0v) is 7.90. The summed E-state index contributed by atoms with van der Waals surface area (Å²) in [6.07, 6.45) is 1.40. The molecule has 0 saturated carbocycles. The Labute approximate surface area is 82.9 Å². The molecular formula is C11H11NO2. The smallest absolute Gasteiger partial charge is 0.195 e. The van der Waals surface area contributed by atoms with Crippen LogP contribution in [-0.2, 0) is 0 Å². The maximum Gasteiger partial charge on any atom is 0.195 e. The average molecular weight is 189 g/mol. The monoisotopic (exact) mass is 189 g/mol. The number of aliphatic hydroxyl groups excluding tert-OH is 1. The molecule has 0 heterocycles. The second-order valence-corrected chi connectivity index (χ2v) is 2.64. The molecular weight excluding hydrogens is 178 g/mol. The van der Waals surface area contributed by atoms with E-state index in [2.05, 4.69) is 0 Å². The first-order valence-corrected chi connectivity index (χ1v) is 4.30. The molecule has 0 fully saturated rings. The third-order valence-corrected chi connectivity index (χ3v) is 1.61. The van der Waals surface area contributed by atoms with E-state index in [1.165, 1.54) is 6.08 Å². The third-order valence-electron chi connectivity index (χ3n) is 1.61. The lowest BCUT2D eigenvalue weighted by atomic mass is 10.2. The van der Waals surface area contributed by atoms with Crippen molar-refractivity contribution in [2.45, 2.75) is 6.92 Å². The topological polar surface area (TPSA) is 53.2 Å². The summed E-state index contributed by atoms with van der Waals surface area (Å²) in [5.74, 6) is 0.482. The standard InChI is InChI=1S/C11H11NO2/c1-2-14-11-5-3-9(4-6-11)7-10(13)8-12/h3-7,13H,2H2,1H3. The first-order chi connectivity index (χ1) is 6.76. The summed E-state index contributed by atoms with van der Waals surface area (Å²) in [7, 11) is 0. The fourth-order valence-corrected chi connectivity index (χ4v) is 1.02. The van der Waals surface area contributed by atoms with Crippen LogP contribution in [0.2, 0.25) is 0 Å². The van der Waals surface area contributed by atoms with Crippen LogP contribution in [0.4, 0.5) is 0 Å². The highest BCUT2D eigenvalue weighted by Crippen LogP contribution is 2.13. The number of aliphatic hydroxyl groups is 1. The zero-order chi connectivity index (χ0) is 10.4. The molecule has 14 heavy (non-hydrogen) atoms. The lowest BCUT2D eigenvalue weighted by Crippen LogP contribution is -1.90. The highest BCUT2D eigenvalue weighted by molar-refractivity contribution is 5.55. The fraction of sp³-hybridized carbons (Fsp3) is 0.182. The molecule has 0 unspecified atom stereocenters. The number of ether oxygens (including phenoxy) is 1. The van der Waals surface area contributed by atoms with Crippen LogP contribution in [0.1, 0.15) is 12.5 Å². The molecule has 72 valence electrons. The van der Waals surface area contributed by atoms with Crippen molar-refractivity contribution >= 4 is 6.08 Å². The Kier molecular flexibility index (Phi) is 3.57. The molecule has 1 aromatic carbocycles. The quantitative estimate of drug-likeness (QED) is 0.451. The number of hydrogen-bond acceptors (Lipinski definition) is 3. The molecule has 1 aromatic rings. The van der Waals surface area contributed by atoms with E-state index in [0.717, 1.165) is 11.3 Å². The van der Waals surface area contributed by atoms with Crippen molar-refractivity contribution in [3.05, 3.63) is 35.6 Å². The number of benzene rings is 1. The van der Waals surface area contributed by atoms with E-state index in [4.69, 9.17) is 15.1 Å². The molecule has 1 N–H and O–H groups in total. The number of allylic oxidation sites excluding steroid dienone is 1. The third kappa shape index (κ3) is 2.83. The second-order valence-electron chi connectivity index (χ2n) is 2.64. The molecule has 0 radical (unpaired) electrons. The maximum atomic E-state index is 8.95. The molecule has 0 bridgehead atoms. The molecule has 3 nitrogen and oxygen atoms in total. The van der Waals surface area contributed by atoms with Gasteiger partial charge in [-0.15, -0.1) is 0 Å². The Bertz CT molecular complexity index is 360. The van der Waals surface area contributed by atoms with Gasteiger partial charge >= 0.3 is 0 Å². The Morgan fingerprint density at radius 1 is 1.50 bits per heavy atom. The number of rotatable bonds is 3. The van der Waals surface area contributed by atoms with Crippen LogP contribution in [0.5, 0.6) is 5.75 Å². The van der Waals surface area contributed by atoms with Crippen molar-refractivity contribution in [1.82, 2.24) is 0 Å². The van der Waals surface area contributed by atoms with Crippen molar-refractivity contribution in [3.8, 4) is 11.8 Å². The summed E-state index contributed by atoms with van der Waals surface area (Å²) in [6, 6.07) is 8.77. The van der Waals surface area contributed by atoms with Crippen molar-refractivity contribution in [2.75, 3.05) is 6.61 Å². The van der Waals surface area contributed by atoms with E-state index in [0.29, 0.717) is 6.61 Å². The molecule has 0 spiro atoms. The van der Waals surface area contributed by atoms with E-state index in [1.807, 2.05) is 6.92 Å². The average Bonchev–Trinajstić information content (AvgIpc) is 2.21. The predicted molar refractivity (Wildman–Crippen MR) is 53.8 cm³/mol. The van der Waals surface area contributed by atoms with Crippen molar-refractivity contribution < 1.29 is 9.84 Å². The van der Waals surface area contributed by atoms with Crippen molar-refractivity contribution in [3.63, 3.8) is 0 Å². The summed E-state index contributed by atoms with van der Waals surface area (Å²) >= 11 is 0. The summed E-state index contributed by atoms with van der Waals surface area (Å²) < 4.78 is 5.24. The van der Waals surface area contributed by atoms with Crippen molar-refractivity contribution in [2.24, 2.45) is 0 Å². The molecule has 0 amide bonds. The molecule has 0 aliphatic heterocycles. The van der Waals surface area contributed by atoms with Crippen LogP contribution >= 0.6 is 0 Å². The van der Waals surface area contributed by atoms with E-state index in [1.54, 1.807) is 30.3 Å². The van der Waals surface area contributed by atoms with E-state index < -0.39 is 0 Å². The second kappa shape index (κ2) is 4.93. The largest absolute Gasteiger partial charge is 0.499 e. The summed E-state index contributed by atoms with van der Waals surface area (Å²) in [4.78, 5) is 0. The van der Waals surface area contributed by atoms with Gasteiger partial charge in [0, 0.05) is 0 Å². The predicted octanol–water partition coefficient (Wildman–Crippen LogP) is 2.51. The van der Waals surface area contributed by atoms with Crippen LogP contribution < -0.4 is 4.74 Å². The van der Waals surface area contributed by atoms with E-state index in [-0.39, 0.29) is 5.76 Å². The first-order valence-electron chi connectivity index (χ1n) is 4.30. The van der Waals surface area contributed by atoms with Crippen LogP contribution in [0.3, 0.4) is 0 Å². The SMILES string of the molecule is CCOc1ccc(C=C(O)C#N)cc1. The van der Waals surface area contributed by atoms with Gasteiger partial charge in [-0.25, -0.2) is 0 Å². The molecule has 0 aliphatic carbocycles. The lowest BCUT2D eigenvalue weighted by Gasteiger charge is -2.01. The molecule has 1 rings (SSSR count). The van der Waals surface area contributed by atoms with Crippen LogP contribution in [0, 0.1) is 11.3 Å². The maximum absolute atomic E-state index is 8.95. The van der Waals surface area contributed by atoms with Crippen LogP contribution in [-0.4, -0.2) is 11.7 Å². The highest BCUT2D eigenvalue weighted by atomic mass is 16.5. The minimum atomic E-state index is -0.297. The van der Waals surface area contributed by atoms with Gasteiger partial charge in [-0.3, -0.25) is 0 Å². The van der Waals surface area contributed by atoms with Crippen LogP contribution in [0.25, 0.3) is 6.08 Å². The van der Waals surface area contributed by atoms with E-state index >= 15 is 0 Å². The van der Waals surface area contributed by atoms with Gasteiger partial charge in [0.25, 0.3) is 0 Å².